The van der Waals surface area contributed by atoms with Gasteiger partial charge in [-0.25, -0.2) is 4.39 Å². The van der Waals surface area contributed by atoms with Crippen LogP contribution in [0, 0.1) is 5.82 Å². The van der Waals surface area contributed by atoms with E-state index in [2.05, 4.69) is 28.1 Å². The maximum atomic E-state index is 13.0. The predicted octanol–water partition coefficient (Wildman–Crippen LogP) is 4.25. The summed E-state index contributed by atoms with van der Waals surface area (Å²) < 4.78 is 14.1. The highest BCUT2D eigenvalue weighted by Crippen LogP contribution is 2.20. The van der Waals surface area contributed by atoms with Crippen molar-refractivity contribution in [3.63, 3.8) is 0 Å². The summed E-state index contributed by atoms with van der Waals surface area (Å²) in [5, 5.41) is 0. The maximum Gasteiger partial charge on any atom is 0.124 e. The number of halogens is 2. The number of rotatable bonds is 5. The third-order valence-electron chi connectivity index (χ3n) is 2.67. The van der Waals surface area contributed by atoms with E-state index in [4.69, 9.17) is 5.73 Å². The average molecular weight is 340 g/mol. The first-order valence-corrected chi connectivity index (χ1v) is 7.80. The van der Waals surface area contributed by atoms with Gasteiger partial charge < -0.3 is 5.73 Å². The minimum absolute atomic E-state index is 0.0643. The van der Waals surface area contributed by atoms with Gasteiger partial charge in [0.05, 0.1) is 0 Å². The van der Waals surface area contributed by atoms with E-state index < -0.39 is 0 Å². The van der Waals surface area contributed by atoms with Gasteiger partial charge in [0.25, 0.3) is 0 Å². The zero-order chi connectivity index (χ0) is 13.7. The van der Waals surface area contributed by atoms with Gasteiger partial charge >= 0.3 is 0 Å². The summed E-state index contributed by atoms with van der Waals surface area (Å²) >= 11 is 5.00. The number of hydrogen-bond acceptors (Lipinski definition) is 2. The molecule has 0 aromatic heterocycles. The van der Waals surface area contributed by atoms with Crippen molar-refractivity contribution < 1.29 is 4.39 Å². The lowest BCUT2D eigenvalue weighted by atomic mass is 10.1. The molecule has 2 rings (SSSR count). The minimum atomic E-state index is -0.202. The molecule has 19 heavy (non-hydrogen) atoms. The lowest BCUT2D eigenvalue weighted by molar-refractivity contribution is 0.624. The molecule has 0 spiro atoms. The van der Waals surface area contributed by atoms with Crippen LogP contribution in [0.3, 0.4) is 0 Å². The molecule has 0 saturated heterocycles. The van der Waals surface area contributed by atoms with Crippen LogP contribution in [-0.4, -0.2) is 11.8 Å². The van der Waals surface area contributed by atoms with Gasteiger partial charge in [0.1, 0.15) is 5.82 Å². The topological polar surface area (TPSA) is 26.0 Å². The van der Waals surface area contributed by atoms with Crippen molar-refractivity contribution in [3.05, 3.63) is 64.4 Å². The molecule has 4 heteroatoms. The van der Waals surface area contributed by atoms with Crippen molar-refractivity contribution in [1.29, 1.82) is 0 Å². The van der Waals surface area contributed by atoms with Crippen LogP contribution >= 0.6 is 27.7 Å². The SMILES string of the molecule is NC(CSc1cccc(F)c1)Cc1ccc(Br)cc1. The highest BCUT2D eigenvalue weighted by molar-refractivity contribution is 9.10. The molecule has 0 aliphatic rings. The molecular formula is C15H15BrFNS. The van der Waals surface area contributed by atoms with E-state index in [1.54, 1.807) is 17.8 Å². The summed E-state index contributed by atoms with van der Waals surface area (Å²) in [6.07, 6.45) is 0.829. The van der Waals surface area contributed by atoms with Crippen molar-refractivity contribution in [2.24, 2.45) is 5.73 Å². The molecule has 2 aromatic carbocycles. The molecule has 100 valence electrons. The Labute approximate surface area is 125 Å². The normalized spacial score (nSPS) is 12.4. The third kappa shape index (κ3) is 4.97. The first-order valence-electron chi connectivity index (χ1n) is 6.02. The molecule has 0 amide bonds. The van der Waals surface area contributed by atoms with Gasteiger partial charge in [0.15, 0.2) is 0 Å². The molecule has 0 bridgehead atoms. The smallest absolute Gasteiger partial charge is 0.124 e. The molecule has 1 atom stereocenters. The van der Waals surface area contributed by atoms with E-state index in [-0.39, 0.29) is 11.9 Å². The highest BCUT2D eigenvalue weighted by atomic mass is 79.9. The van der Waals surface area contributed by atoms with Gasteiger partial charge in [0.2, 0.25) is 0 Å². The van der Waals surface area contributed by atoms with E-state index >= 15 is 0 Å². The number of thioether (sulfide) groups is 1. The van der Waals surface area contributed by atoms with Gasteiger partial charge in [-0.1, -0.05) is 34.1 Å². The van der Waals surface area contributed by atoms with E-state index in [1.165, 1.54) is 17.7 Å². The predicted molar refractivity (Wildman–Crippen MR) is 82.9 cm³/mol. The van der Waals surface area contributed by atoms with Gasteiger partial charge in [-0.05, 0) is 42.3 Å². The first kappa shape index (κ1) is 14.6. The van der Waals surface area contributed by atoms with Crippen LogP contribution < -0.4 is 5.73 Å². The third-order valence-corrected chi connectivity index (χ3v) is 4.38. The van der Waals surface area contributed by atoms with Crippen LogP contribution in [0.2, 0.25) is 0 Å². The van der Waals surface area contributed by atoms with Crippen molar-refractivity contribution >= 4 is 27.7 Å². The second kappa shape index (κ2) is 7.08. The Hall–Kier alpha value is -0.840. The van der Waals surface area contributed by atoms with E-state index in [9.17, 15) is 4.39 Å². The summed E-state index contributed by atoms with van der Waals surface area (Å²) in [6, 6.07) is 14.8. The van der Waals surface area contributed by atoms with Crippen molar-refractivity contribution in [3.8, 4) is 0 Å². The van der Waals surface area contributed by atoms with Crippen molar-refractivity contribution in [2.45, 2.75) is 17.4 Å². The first-order chi connectivity index (χ1) is 9.13. The molecule has 0 heterocycles. The van der Waals surface area contributed by atoms with Crippen LogP contribution in [0.25, 0.3) is 0 Å². The van der Waals surface area contributed by atoms with Crippen molar-refractivity contribution in [2.75, 3.05) is 5.75 Å². The summed E-state index contributed by atoms with van der Waals surface area (Å²) in [5.74, 6) is 0.575. The highest BCUT2D eigenvalue weighted by Gasteiger charge is 2.05. The summed E-state index contributed by atoms with van der Waals surface area (Å²) in [4.78, 5) is 0.922. The lowest BCUT2D eigenvalue weighted by Gasteiger charge is -2.11. The Bertz CT molecular complexity index is 530. The summed E-state index contributed by atoms with van der Waals surface area (Å²) in [5.41, 5.74) is 7.32. The zero-order valence-corrected chi connectivity index (χ0v) is 12.8. The molecule has 2 N–H and O–H groups in total. The fraction of sp³-hybridized carbons (Fsp3) is 0.200. The molecule has 0 aliphatic heterocycles. The van der Waals surface area contributed by atoms with E-state index in [1.807, 2.05) is 18.2 Å². The lowest BCUT2D eigenvalue weighted by Crippen LogP contribution is -2.25. The Morgan fingerprint density at radius 1 is 1.16 bits per heavy atom. The quantitative estimate of drug-likeness (QED) is 0.824. The second-order valence-electron chi connectivity index (χ2n) is 4.36. The van der Waals surface area contributed by atoms with Crippen molar-refractivity contribution in [1.82, 2.24) is 0 Å². The minimum Gasteiger partial charge on any atom is -0.327 e. The average Bonchev–Trinajstić information content (AvgIpc) is 2.39. The summed E-state index contributed by atoms with van der Waals surface area (Å²) in [6.45, 7) is 0. The Morgan fingerprint density at radius 2 is 1.89 bits per heavy atom. The standard InChI is InChI=1S/C15H15BrFNS/c16-12-6-4-11(5-7-12)8-14(18)10-19-15-3-1-2-13(17)9-15/h1-7,9,14H,8,10,18H2. The largest absolute Gasteiger partial charge is 0.327 e. The number of hydrogen-bond donors (Lipinski definition) is 1. The number of benzene rings is 2. The second-order valence-corrected chi connectivity index (χ2v) is 6.37. The fourth-order valence-corrected chi connectivity index (χ4v) is 2.90. The van der Waals surface area contributed by atoms with Gasteiger partial charge in [-0.2, -0.15) is 0 Å². The van der Waals surface area contributed by atoms with Gasteiger partial charge in [-0.15, -0.1) is 11.8 Å². The number of nitrogens with two attached hydrogens (primary N) is 1. The molecular weight excluding hydrogens is 325 g/mol. The van der Waals surface area contributed by atoms with Gasteiger partial charge in [0, 0.05) is 21.2 Å². The maximum absolute atomic E-state index is 13.0. The van der Waals surface area contributed by atoms with Crippen LogP contribution in [0.1, 0.15) is 5.56 Å². The molecule has 0 aliphatic carbocycles. The van der Waals surface area contributed by atoms with Crippen LogP contribution in [-0.2, 0) is 6.42 Å². The van der Waals surface area contributed by atoms with E-state index in [0.29, 0.717) is 0 Å². The fourth-order valence-electron chi connectivity index (χ4n) is 1.74. The molecule has 2 aromatic rings. The molecule has 1 nitrogen and oxygen atoms in total. The Morgan fingerprint density at radius 3 is 2.58 bits per heavy atom. The Balaban J connectivity index is 1.84. The molecule has 1 unspecified atom stereocenters. The van der Waals surface area contributed by atoms with E-state index in [0.717, 1.165) is 21.5 Å². The van der Waals surface area contributed by atoms with Gasteiger partial charge in [-0.3, -0.25) is 0 Å². The van der Waals surface area contributed by atoms with Crippen LogP contribution in [0.5, 0.6) is 0 Å². The zero-order valence-electron chi connectivity index (χ0n) is 10.4. The van der Waals surface area contributed by atoms with Crippen LogP contribution in [0.4, 0.5) is 4.39 Å². The molecule has 0 radical (unpaired) electrons. The molecule has 0 fully saturated rings. The van der Waals surface area contributed by atoms with Crippen LogP contribution in [0.15, 0.2) is 57.9 Å². The molecule has 0 saturated carbocycles. The Kier molecular flexibility index (Phi) is 5.43. The summed E-state index contributed by atoms with van der Waals surface area (Å²) in [7, 11) is 0. The monoisotopic (exact) mass is 339 g/mol.